The van der Waals surface area contributed by atoms with E-state index in [1.165, 1.54) is 5.56 Å². The van der Waals surface area contributed by atoms with E-state index in [4.69, 9.17) is 11.6 Å². The fourth-order valence-corrected chi connectivity index (χ4v) is 3.78. The molecule has 0 unspecified atom stereocenters. The number of rotatable bonds is 5. The van der Waals surface area contributed by atoms with Crippen molar-refractivity contribution in [3.63, 3.8) is 0 Å². The molecule has 28 heavy (non-hydrogen) atoms. The monoisotopic (exact) mass is 394 g/mol. The van der Waals surface area contributed by atoms with Gasteiger partial charge in [0.25, 0.3) is 0 Å². The number of aromatic nitrogens is 1. The topological polar surface area (TPSA) is 60.5 Å². The van der Waals surface area contributed by atoms with E-state index in [1.807, 2.05) is 42.6 Å². The first-order chi connectivity index (χ1) is 13.7. The number of nitrogens with zero attached hydrogens (tertiary/aromatic N) is 2. The number of nitrogens with one attached hydrogen (secondary N) is 2. The van der Waals surface area contributed by atoms with Crippen molar-refractivity contribution in [3.05, 3.63) is 70.9 Å². The molecule has 2 heterocycles. The summed E-state index contributed by atoms with van der Waals surface area (Å²) < 4.78 is 0. The third-order valence-corrected chi connectivity index (χ3v) is 5.53. The highest BCUT2D eigenvalue weighted by molar-refractivity contribution is 6.30. The molecule has 3 aromatic rings. The summed E-state index contributed by atoms with van der Waals surface area (Å²) in [6.45, 7) is 2.71. The van der Waals surface area contributed by atoms with Crippen LogP contribution in [0.2, 0.25) is 5.02 Å². The van der Waals surface area contributed by atoms with E-state index in [2.05, 4.69) is 32.5 Å². The van der Waals surface area contributed by atoms with Gasteiger partial charge in [-0.3, -0.25) is 9.69 Å². The number of carbonyl (C=O) groups is 1. The molecule has 1 aromatic heterocycles. The molecule has 0 saturated carbocycles. The van der Waals surface area contributed by atoms with E-state index in [1.54, 1.807) is 6.21 Å². The molecule has 0 spiro atoms. The number of fused-ring (bicyclic) bond motifs is 1. The predicted molar refractivity (Wildman–Crippen MR) is 113 cm³/mol. The van der Waals surface area contributed by atoms with Crippen LogP contribution in [0.5, 0.6) is 0 Å². The molecule has 1 saturated heterocycles. The molecule has 5 nitrogen and oxygen atoms in total. The minimum Gasteiger partial charge on any atom is -0.361 e. The van der Waals surface area contributed by atoms with Crippen LogP contribution in [0, 0.1) is 5.92 Å². The third kappa shape index (κ3) is 4.43. The lowest BCUT2D eigenvalue weighted by atomic mass is 9.96. The van der Waals surface area contributed by atoms with Crippen molar-refractivity contribution in [1.82, 2.24) is 15.3 Å². The van der Waals surface area contributed by atoms with Crippen LogP contribution in [0.1, 0.15) is 24.0 Å². The van der Waals surface area contributed by atoms with Gasteiger partial charge in [-0.15, -0.1) is 0 Å². The van der Waals surface area contributed by atoms with Crippen LogP contribution in [-0.2, 0) is 11.3 Å². The van der Waals surface area contributed by atoms with Crippen molar-refractivity contribution >= 4 is 34.6 Å². The van der Waals surface area contributed by atoms with Crippen LogP contribution in [0.25, 0.3) is 10.9 Å². The zero-order chi connectivity index (χ0) is 19.3. The maximum Gasteiger partial charge on any atom is 0.243 e. The molecular weight excluding hydrogens is 372 g/mol. The second kappa shape index (κ2) is 8.59. The summed E-state index contributed by atoms with van der Waals surface area (Å²) in [6, 6.07) is 16.0. The number of para-hydroxylation sites is 1. The molecule has 4 rings (SSSR count). The largest absolute Gasteiger partial charge is 0.361 e. The Morgan fingerprint density at radius 1 is 1.18 bits per heavy atom. The second-order valence-corrected chi connectivity index (χ2v) is 7.64. The Labute approximate surface area is 169 Å². The number of hydrazone groups is 1. The quantitative estimate of drug-likeness (QED) is 0.503. The van der Waals surface area contributed by atoms with Gasteiger partial charge < -0.3 is 4.98 Å². The molecule has 6 heteroatoms. The van der Waals surface area contributed by atoms with Crippen molar-refractivity contribution in [2.24, 2.45) is 11.0 Å². The number of hydrogen-bond donors (Lipinski definition) is 2. The average Bonchev–Trinajstić information content (AvgIpc) is 3.13. The Balaban J connectivity index is 1.26. The van der Waals surface area contributed by atoms with Gasteiger partial charge in [0.2, 0.25) is 5.91 Å². The molecule has 1 aliphatic heterocycles. The second-order valence-electron chi connectivity index (χ2n) is 7.20. The van der Waals surface area contributed by atoms with Gasteiger partial charge in [0, 0.05) is 40.1 Å². The Hall–Kier alpha value is -2.63. The molecule has 0 radical (unpaired) electrons. The van der Waals surface area contributed by atoms with Crippen LogP contribution in [0.3, 0.4) is 0 Å². The predicted octanol–water partition coefficient (Wildman–Crippen LogP) is 4.18. The Bertz CT molecular complexity index is 972. The average molecular weight is 395 g/mol. The molecule has 144 valence electrons. The minimum absolute atomic E-state index is 0.00207. The number of aromatic amines is 1. The third-order valence-electron chi connectivity index (χ3n) is 5.28. The number of likely N-dealkylation sites (tertiary alicyclic amines) is 1. The molecule has 0 atom stereocenters. The summed E-state index contributed by atoms with van der Waals surface area (Å²) in [6.07, 6.45) is 5.30. The van der Waals surface area contributed by atoms with Gasteiger partial charge in [-0.25, -0.2) is 5.43 Å². The summed E-state index contributed by atoms with van der Waals surface area (Å²) in [4.78, 5) is 18.0. The van der Waals surface area contributed by atoms with Crippen molar-refractivity contribution in [2.45, 2.75) is 19.4 Å². The fraction of sp³-hybridized carbons (Fsp3) is 0.273. The summed E-state index contributed by atoms with van der Waals surface area (Å²) in [5, 5.41) is 6.01. The van der Waals surface area contributed by atoms with Crippen LogP contribution in [-0.4, -0.2) is 35.1 Å². The number of piperidine rings is 1. The molecule has 0 aliphatic carbocycles. The van der Waals surface area contributed by atoms with E-state index in [0.717, 1.165) is 54.0 Å². The standard InChI is InChI=1S/C22H23ClN4O/c23-19-7-5-16(6-8-19)15-27-11-9-17(10-12-27)22(28)26-25-14-18-13-24-21-4-2-1-3-20(18)21/h1-8,13-14,17,24H,9-12,15H2,(H,26,28)/b25-14-. The molecule has 2 N–H and O–H groups in total. The van der Waals surface area contributed by atoms with Crippen molar-refractivity contribution < 1.29 is 4.79 Å². The normalized spacial score (nSPS) is 16.0. The van der Waals surface area contributed by atoms with Crippen LogP contribution < -0.4 is 5.43 Å². The van der Waals surface area contributed by atoms with E-state index >= 15 is 0 Å². The maximum absolute atomic E-state index is 12.4. The molecular formula is C22H23ClN4O. The number of carbonyl (C=O) groups excluding carboxylic acids is 1. The lowest BCUT2D eigenvalue weighted by molar-refractivity contribution is -0.126. The zero-order valence-corrected chi connectivity index (χ0v) is 16.3. The van der Waals surface area contributed by atoms with E-state index < -0.39 is 0 Å². The SMILES string of the molecule is O=C(N/N=C\c1c[nH]c2ccccc12)C1CCN(Cc2ccc(Cl)cc2)CC1. The lowest BCUT2D eigenvalue weighted by Gasteiger charge is -2.30. The number of amides is 1. The number of benzene rings is 2. The summed E-state index contributed by atoms with van der Waals surface area (Å²) in [7, 11) is 0. The van der Waals surface area contributed by atoms with E-state index in [9.17, 15) is 4.79 Å². The van der Waals surface area contributed by atoms with Gasteiger partial charge in [0.05, 0.1) is 6.21 Å². The summed E-state index contributed by atoms with van der Waals surface area (Å²) in [5.41, 5.74) is 5.98. The molecule has 1 fully saturated rings. The van der Waals surface area contributed by atoms with E-state index in [-0.39, 0.29) is 11.8 Å². The van der Waals surface area contributed by atoms with Gasteiger partial charge in [-0.2, -0.15) is 5.10 Å². The first-order valence-electron chi connectivity index (χ1n) is 9.55. The first-order valence-corrected chi connectivity index (χ1v) is 9.93. The lowest BCUT2D eigenvalue weighted by Crippen LogP contribution is -2.39. The van der Waals surface area contributed by atoms with Crippen molar-refractivity contribution in [1.29, 1.82) is 0 Å². The molecule has 2 aromatic carbocycles. The van der Waals surface area contributed by atoms with Gasteiger partial charge in [0.15, 0.2) is 0 Å². The van der Waals surface area contributed by atoms with Gasteiger partial charge in [0.1, 0.15) is 0 Å². The Morgan fingerprint density at radius 2 is 1.93 bits per heavy atom. The minimum atomic E-state index is 0.00207. The fourth-order valence-electron chi connectivity index (χ4n) is 3.66. The van der Waals surface area contributed by atoms with Crippen LogP contribution >= 0.6 is 11.6 Å². The number of H-pyrrole nitrogens is 1. The van der Waals surface area contributed by atoms with Gasteiger partial charge in [-0.05, 0) is 49.7 Å². The Kier molecular flexibility index (Phi) is 5.74. The van der Waals surface area contributed by atoms with Gasteiger partial charge >= 0.3 is 0 Å². The first kappa shape index (κ1) is 18.7. The van der Waals surface area contributed by atoms with E-state index in [0.29, 0.717) is 0 Å². The molecule has 1 aliphatic rings. The molecule has 0 bridgehead atoms. The van der Waals surface area contributed by atoms with Crippen LogP contribution in [0.15, 0.2) is 59.8 Å². The number of halogens is 1. The van der Waals surface area contributed by atoms with Gasteiger partial charge in [-0.1, -0.05) is 41.9 Å². The highest BCUT2D eigenvalue weighted by Gasteiger charge is 2.24. The van der Waals surface area contributed by atoms with Crippen LogP contribution in [0.4, 0.5) is 0 Å². The molecule has 1 amide bonds. The summed E-state index contributed by atoms with van der Waals surface area (Å²) in [5.74, 6) is 0.0174. The smallest absolute Gasteiger partial charge is 0.243 e. The highest BCUT2D eigenvalue weighted by Crippen LogP contribution is 2.20. The number of hydrogen-bond acceptors (Lipinski definition) is 3. The zero-order valence-electron chi connectivity index (χ0n) is 15.6. The van der Waals surface area contributed by atoms with Crippen molar-refractivity contribution in [3.8, 4) is 0 Å². The Morgan fingerprint density at radius 3 is 2.71 bits per heavy atom. The summed E-state index contributed by atoms with van der Waals surface area (Å²) >= 11 is 5.94. The highest BCUT2D eigenvalue weighted by atomic mass is 35.5. The maximum atomic E-state index is 12.4. The van der Waals surface area contributed by atoms with Crippen molar-refractivity contribution in [2.75, 3.05) is 13.1 Å².